The summed E-state index contributed by atoms with van der Waals surface area (Å²) >= 11 is 5.78. The number of aryl methyl sites for hydroxylation is 3. The Morgan fingerprint density at radius 1 is 0.818 bits per heavy atom. The minimum atomic E-state index is 0.800. The quantitative estimate of drug-likeness (QED) is 0.537. The Morgan fingerprint density at radius 2 is 1.58 bits per heavy atom. The first-order valence-electron chi connectivity index (χ1n) is 12.0. The zero-order valence-corrected chi connectivity index (χ0v) is 20.7. The Kier molecular flexibility index (Phi) is 6.11. The van der Waals surface area contributed by atoms with Gasteiger partial charge in [0.2, 0.25) is 0 Å². The molecule has 5 rings (SSSR count). The Bertz CT molecular complexity index is 1180. The molecule has 0 aliphatic carbocycles. The number of nitrogens with zero attached hydrogens (tertiary/aromatic N) is 4. The van der Waals surface area contributed by atoms with Crippen molar-refractivity contribution in [1.82, 2.24) is 9.88 Å². The number of rotatable bonds is 3. The molecule has 0 radical (unpaired) electrons. The Labute approximate surface area is 202 Å². The van der Waals surface area contributed by atoms with Crippen molar-refractivity contribution in [2.75, 3.05) is 54.4 Å². The summed E-state index contributed by atoms with van der Waals surface area (Å²) in [6.45, 7) is 12.6. The molecule has 0 spiro atoms. The number of hydrogen-bond donors (Lipinski definition) is 1. The third-order valence-electron chi connectivity index (χ3n) is 6.96. The highest BCUT2D eigenvalue weighted by molar-refractivity contribution is 7.80. The number of fused-ring (bicyclic) bond motifs is 1. The van der Waals surface area contributed by atoms with Gasteiger partial charge in [-0.3, -0.25) is 0 Å². The van der Waals surface area contributed by atoms with Crippen molar-refractivity contribution < 1.29 is 0 Å². The van der Waals surface area contributed by atoms with Gasteiger partial charge in [0.05, 0.1) is 5.52 Å². The van der Waals surface area contributed by atoms with Gasteiger partial charge < -0.3 is 20.0 Å². The average Bonchev–Trinajstić information content (AvgIpc) is 3.36. The molecule has 2 aliphatic rings. The highest BCUT2D eigenvalue weighted by Gasteiger charge is 2.21. The molecule has 3 heterocycles. The van der Waals surface area contributed by atoms with Crippen LogP contribution in [0.3, 0.4) is 0 Å². The summed E-state index contributed by atoms with van der Waals surface area (Å²) in [5.41, 5.74) is 7.34. The average molecular weight is 460 g/mol. The number of thiocarbonyl (C=S) groups is 1. The van der Waals surface area contributed by atoms with Crippen LogP contribution in [0.1, 0.15) is 29.5 Å². The molecule has 1 aromatic heterocycles. The van der Waals surface area contributed by atoms with Gasteiger partial charge >= 0.3 is 0 Å². The summed E-state index contributed by atoms with van der Waals surface area (Å²) in [5.74, 6) is 1.11. The number of hydrogen-bond acceptors (Lipinski definition) is 4. The summed E-state index contributed by atoms with van der Waals surface area (Å²) in [6, 6.07) is 15.3. The van der Waals surface area contributed by atoms with E-state index in [1.807, 2.05) is 0 Å². The summed E-state index contributed by atoms with van der Waals surface area (Å²) < 4.78 is 0. The fourth-order valence-electron chi connectivity index (χ4n) is 4.98. The smallest absolute Gasteiger partial charge is 0.173 e. The molecule has 1 N–H and O–H groups in total. The molecule has 3 aromatic rings. The molecular weight excluding hydrogens is 426 g/mol. The van der Waals surface area contributed by atoms with Gasteiger partial charge in [-0.05, 0) is 92.9 Å². The van der Waals surface area contributed by atoms with E-state index < -0.39 is 0 Å². The van der Waals surface area contributed by atoms with Crippen LogP contribution in [0.2, 0.25) is 0 Å². The lowest BCUT2D eigenvalue weighted by Crippen LogP contribution is -2.50. The number of aromatic nitrogens is 1. The van der Waals surface area contributed by atoms with E-state index in [4.69, 9.17) is 17.2 Å². The van der Waals surface area contributed by atoms with Gasteiger partial charge in [-0.1, -0.05) is 12.1 Å². The predicted octanol–water partition coefficient (Wildman–Crippen LogP) is 5.28. The number of pyridine rings is 1. The van der Waals surface area contributed by atoms with Gasteiger partial charge in [-0.15, -0.1) is 0 Å². The topological polar surface area (TPSA) is 34.6 Å². The molecule has 2 saturated heterocycles. The molecule has 172 valence electrons. The fraction of sp³-hybridized carbons (Fsp3) is 0.407. The lowest BCUT2D eigenvalue weighted by atomic mass is 10.1. The molecule has 0 amide bonds. The lowest BCUT2D eigenvalue weighted by Gasteiger charge is -2.38. The third kappa shape index (κ3) is 4.62. The monoisotopic (exact) mass is 459 g/mol. The van der Waals surface area contributed by atoms with Crippen LogP contribution in [-0.4, -0.2) is 54.3 Å². The molecular formula is C27H33N5S. The minimum Gasteiger partial charge on any atom is -0.368 e. The summed E-state index contributed by atoms with van der Waals surface area (Å²) in [4.78, 5) is 12.1. The first kappa shape index (κ1) is 22.0. The molecule has 0 bridgehead atoms. The number of anilines is 3. The van der Waals surface area contributed by atoms with Gasteiger partial charge in [-0.25, -0.2) is 4.98 Å². The molecule has 6 heteroatoms. The first-order chi connectivity index (χ1) is 16.0. The number of nitrogens with one attached hydrogen (secondary N) is 1. The van der Waals surface area contributed by atoms with Crippen LogP contribution in [-0.2, 0) is 0 Å². The summed E-state index contributed by atoms with van der Waals surface area (Å²) in [5, 5.41) is 5.46. The molecule has 0 saturated carbocycles. The van der Waals surface area contributed by atoms with Crippen molar-refractivity contribution in [2.24, 2.45) is 0 Å². The highest BCUT2D eigenvalue weighted by Crippen LogP contribution is 2.28. The van der Waals surface area contributed by atoms with E-state index in [9.17, 15) is 0 Å². The van der Waals surface area contributed by atoms with E-state index in [-0.39, 0.29) is 0 Å². The van der Waals surface area contributed by atoms with Gasteiger partial charge in [0.25, 0.3) is 0 Å². The SMILES string of the molecule is Cc1ccc(C)c(N2CCN(C(=S)Nc3ccc4nc(N5CCCC5)cc(C)c4c3)CC2)c1. The van der Waals surface area contributed by atoms with Crippen LogP contribution in [0, 0.1) is 20.8 Å². The van der Waals surface area contributed by atoms with Crippen molar-refractivity contribution in [3.05, 3.63) is 59.2 Å². The van der Waals surface area contributed by atoms with Crippen LogP contribution in [0.25, 0.3) is 10.9 Å². The maximum absolute atomic E-state index is 5.78. The van der Waals surface area contributed by atoms with Crippen molar-refractivity contribution in [2.45, 2.75) is 33.6 Å². The zero-order valence-electron chi connectivity index (χ0n) is 19.9. The standard InChI is InChI=1S/C27H33N5S/c1-19-6-7-20(2)25(16-19)30-12-14-32(15-13-30)27(33)28-22-8-9-24-23(18-22)21(3)17-26(29-24)31-10-4-5-11-31/h6-9,16-18H,4-5,10-15H2,1-3H3,(H,28,33). The van der Waals surface area contributed by atoms with Gasteiger partial charge in [0.1, 0.15) is 5.82 Å². The summed E-state index contributed by atoms with van der Waals surface area (Å²) in [7, 11) is 0. The molecule has 0 unspecified atom stereocenters. The Morgan fingerprint density at radius 3 is 2.33 bits per heavy atom. The van der Waals surface area contributed by atoms with Crippen molar-refractivity contribution >= 4 is 45.4 Å². The van der Waals surface area contributed by atoms with Crippen molar-refractivity contribution in [3.63, 3.8) is 0 Å². The maximum Gasteiger partial charge on any atom is 0.173 e. The van der Waals surface area contributed by atoms with Crippen LogP contribution in [0.15, 0.2) is 42.5 Å². The normalized spacial score (nSPS) is 16.5. The third-order valence-corrected chi connectivity index (χ3v) is 7.32. The Balaban J connectivity index is 1.25. The largest absolute Gasteiger partial charge is 0.368 e. The summed E-state index contributed by atoms with van der Waals surface area (Å²) in [6.07, 6.45) is 2.52. The van der Waals surface area contributed by atoms with Crippen molar-refractivity contribution in [3.8, 4) is 0 Å². The number of benzene rings is 2. The molecule has 33 heavy (non-hydrogen) atoms. The van der Waals surface area contributed by atoms with E-state index >= 15 is 0 Å². The van der Waals surface area contributed by atoms with Crippen LogP contribution < -0.4 is 15.1 Å². The van der Waals surface area contributed by atoms with E-state index in [1.54, 1.807) is 0 Å². The second-order valence-corrected chi connectivity index (χ2v) is 9.80. The van der Waals surface area contributed by atoms with Crippen LogP contribution in [0.5, 0.6) is 0 Å². The molecule has 2 aliphatic heterocycles. The van der Waals surface area contributed by atoms with Crippen LogP contribution in [0.4, 0.5) is 17.2 Å². The maximum atomic E-state index is 5.78. The fourth-order valence-corrected chi connectivity index (χ4v) is 5.28. The zero-order chi connectivity index (χ0) is 22.9. The van der Waals surface area contributed by atoms with E-state index in [0.29, 0.717) is 0 Å². The van der Waals surface area contributed by atoms with Gasteiger partial charge in [-0.2, -0.15) is 0 Å². The van der Waals surface area contributed by atoms with E-state index in [2.05, 4.69) is 83.3 Å². The molecule has 2 aromatic carbocycles. The first-order valence-corrected chi connectivity index (χ1v) is 12.4. The molecule has 0 atom stereocenters. The minimum absolute atomic E-state index is 0.800. The van der Waals surface area contributed by atoms with Crippen LogP contribution >= 0.6 is 12.2 Å². The van der Waals surface area contributed by atoms with Gasteiger partial charge in [0.15, 0.2) is 5.11 Å². The van der Waals surface area contributed by atoms with E-state index in [0.717, 1.165) is 61.4 Å². The Hall–Kier alpha value is -2.86. The lowest BCUT2D eigenvalue weighted by molar-refractivity contribution is 0.390. The van der Waals surface area contributed by atoms with E-state index in [1.165, 1.54) is 40.6 Å². The number of piperazine rings is 1. The predicted molar refractivity (Wildman–Crippen MR) is 144 cm³/mol. The van der Waals surface area contributed by atoms with Crippen molar-refractivity contribution in [1.29, 1.82) is 0 Å². The second-order valence-electron chi connectivity index (χ2n) is 9.42. The van der Waals surface area contributed by atoms with Gasteiger partial charge in [0, 0.05) is 56.0 Å². The molecule has 5 nitrogen and oxygen atoms in total. The highest BCUT2D eigenvalue weighted by atomic mass is 32.1. The second kappa shape index (κ2) is 9.18. The molecule has 2 fully saturated rings.